The van der Waals surface area contributed by atoms with E-state index in [1.807, 2.05) is 26.0 Å². The molecule has 1 saturated heterocycles. The number of likely N-dealkylation sites (tertiary alicyclic amines) is 1. The number of halogens is 2. The molecule has 0 radical (unpaired) electrons. The third kappa shape index (κ3) is 6.82. The van der Waals surface area contributed by atoms with Gasteiger partial charge in [0, 0.05) is 23.9 Å². The first-order valence-electron chi connectivity index (χ1n) is 11.7. The molecule has 0 aromatic heterocycles. The maximum atomic E-state index is 13.8. The number of allylic oxidation sites excluding steroid dienone is 2. The van der Waals surface area contributed by atoms with Gasteiger partial charge in [0.25, 0.3) is 5.91 Å². The highest BCUT2D eigenvalue weighted by atomic mass is 19.2. The zero-order chi connectivity index (χ0) is 25.5. The Morgan fingerprint density at radius 2 is 1.94 bits per heavy atom. The van der Waals surface area contributed by atoms with E-state index in [1.54, 1.807) is 41.6 Å². The first kappa shape index (κ1) is 26.2. The van der Waals surface area contributed by atoms with E-state index >= 15 is 0 Å². The van der Waals surface area contributed by atoms with E-state index in [-0.39, 0.29) is 37.0 Å². The lowest BCUT2D eigenvalue weighted by atomic mass is 9.98. The van der Waals surface area contributed by atoms with Gasteiger partial charge in [0.2, 0.25) is 5.91 Å². The van der Waals surface area contributed by atoms with E-state index in [2.05, 4.69) is 5.32 Å². The minimum Gasteiger partial charge on any atom is -0.343 e. The molecule has 8 heteroatoms. The molecule has 2 aromatic carbocycles. The molecule has 1 heterocycles. The highest BCUT2D eigenvalue weighted by Crippen LogP contribution is 2.36. The van der Waals surface area contributed by atoms with Crippen LogP contribution in [0.15, 0.2) is 54.1 Å². The van der Waals surface area contributed by atoms with Gasteiger partial charge in [-0.15, -0.1) is 4.48 Å². The largest absolute Gasteiger partial charge is 0.343 e. The summed E-state index contributed by atoms with van der Waals surface area (Å²) in [5.74, 6) is -1.12. The van der Waals surface area contributed by atoms with Gasteiger partial charge in [-0.2, -0.15) is 5.54 Å². The van der Waals surface area contributed by atoms with Crippen LogP contribution in [0.1, 0.15) is 59.8 Å². The van der Waals surface area contributed by atoms with E-state index in [1.165, 1.54) is 12.1 Å². The quantitative estimate of drug-likeness (QED) is 0.361. The lowest BCUT2D eigenvalue weighted by Crippen LogP contribution is -2.46. The zero-order valence-corrected chi connectivity index (χ0v) is 20.3. The number of hydrogen-bond acceptors (Lipinski definition) is 4. The third-order valence-corrected chi connectivity index (χ3v) is 6.27. The first-order chi connectivity index (χ1) is 16.7. The van der Waals surface area contributed by atoms with Gasteiger partial charge in [0.1, 0.15) is 5.82 Å². The smallest absolute Gasteiger partial charge is 0.251 e. The fourth-order valence-electron chi connectivity index (χ4n) is 4.70. The summed E-state index contributed by atoms with van der Waals surface area (Å²) in [6.07, 6.45) is 3.65. The van der Waals surface area contributed by atoms with Crippen LogP contribution in [0.3, 0.4) is 0 Å². The van der Waals surface area contributed by atoms with Crippen molar-refractivity contribution >= 4 is 17.5 Å². The maximum absolute atomic E-state index is 13.8. The molecule has 2 atom stereocenters. The summed E-state index contributed by atoms with van der Waals surface area (Å²) in [5.41, 5.74) is 6.27. The van der Waals surface area contributed by atoms with Crippen LogP contribution < -0.4 is 10.9 Å². The Hall–Kier alpha value is -3.39. The summed E-state index contributed by atoms with van der Waals surface area (Å²) < 4.78 is 26.7. The molecule has 2 unspecified atom stereocenters. The summed E-state index contributed by atoms with van der Waals surface area (Å²) in [6, 6.07) is 10.7. The van der Waals surface area contributed by atoms with Crippen molar-refractivity contribution < 1.29 is 18.5 Å². The van der Waals surface area contributed by atoms with Crippen LogP contribution in [0, 0.1) is 18.2 Å². The molecule has 0 spiro atoms. The van der Waals surface area contributed by atoms with Gasteiger partial charge in [-0.05, 0) is 87.1 Å². The Balaban J connectivity index is 1.68. The molecule has 2 aromatic rings. The molecule has 0 bridgehead atoms. The molecular formula is C27H32F2N4O2. The van der Waals surface area contributed by atoms with E-state index in [4.69, 9.17) is 5.41 Å². The SMILES string of the molecule is CC(=N)/C=C(\C)Cc1ccc(C(=O)NCC(=O)N2C(CNF)CCC2c2cccc(F)c2)cc1C. The number of benzene rings is 2. The summed E-state index contributed by atoms with van der Waals surface area (Å²) in [4.78, 5) is 27.4. The number of aryl methyl sites for hydroxylation is 1. The van der Waals surface area contributed by atoms with Gasteiger partial charge in [0.15, 0.2) is 0 Å². The first-order valence-corrected chi connectivity index (χ1v) is 11.7. The Labute approximate surface area is 204 Å². The van der Waals surface area contributed by atoms with Gasteiger partial charge in [0.05, 0.1) is 12.6 Å². The molecule has 3 rings (SSSR count). The van der Waals surface area contributed by atoms with Crippen LogP contribution in [0.5, 0.6) is 0 Å². The minimum absolute atomic E-state index is 0.0302. The van der Waals surface area contributed by atoms with E-state index in [9.17, 15) is 18.5 Å². The van der Waals surface area contributed by atoms with Crippen molar-refractivity contribution in [2.45, 2.75) is 52.1 Å². The summed E-state index contributed by atoms with van der Waals surface area (Å²) in [7, 11) is 0. The third-order valence-electron chi connectivity index (χ3n) is 6.27. The Kier molecular flexibility index (Phi) is 8.87. The lowest BCUT2D eigenvalue weighted by Gasteiger charge is -2.30. The van der Waals surface area contributed by atoms with Crippen molar-refractivity contribution in [2.24, 2.45) is 0 Å². The predicted octanol–water partition coefficient (Wildman–Crippen LogP) is 4.60. The van der Waals surface area contributed by atoms with Crippen molar-refractivity contribution in [1.82, 2.24) is 15.8 Å². The molecule has 2 amide bonds. The highest BCUT2D eigenvalue weighted by Gasteiger charge is 2.37. The number of amides is 2. The molecule has 0 aliphatic carbocycles. The minimum atomic E-state index is -0.396. The fraction of sp³-hybridized carbons (Fsp3) is 0.370. The van der Waals surface area contributed by atoms with Crippen LogP contribution in [0.4, 0.5) is 8.87 Å². The molecule has 0 saturated carbocycles. The van der Waals surface area contributed by atoms with Gasteiger partial charge in [-0.25, -0.2) is 4.39 Å². The maximum Gasteiger partial charge on any atom is 0.251 e. The second-order valence-corrected chi connectivity index (χ2v) is 9.12. The van der Waals surface area contributed by atoms with Crippen LogP contribution in [0.2, 0.25) is 0 Å². The number of carbonyl (C=O) groups excluding carboxylic acids is 2. The van der Waals surface area contributed by atoms with Crippen molar-refractivity contribution in [3.8, 4) is 0 Å². The van der Waals surface area contributed by atoms with Crippen molar-refractivity contribution in [3.05, 3.63) is 82.2 Å². The average Bonchev–Trinajstić information content (AvgIpc) is 3.22. The molecule has 6 nitrogen and oxygen atoms in total. The van der Waals surface area contributed by atoms with Crippen LogP contribution in [0.25, 0.3) is 0 Å². The van der Waals surface area contributed by atoms with Crippen molar-refractivity contribution in [2.75, 3.05) is 13.1 Å². The summed E-state index contributed by atoms with van der Waals surface area (Å²) >= 11 is 0. The van der Waals surface area contributed by atoms with Gasteiger partial charge >= 0.3 is 0 Å². The van der Waals surface area contributed by atoms with Crippen LogP contribution in [-0.4, -0.2) is 41.6 Å². The lowest BCUT2D eigenvalue weighted by molar-refractivity contribution is -0.133. The van der Waals surface area contributed by atoms with E-state index in [0.29, 0.717) is 36.1 Å². The van der Waals surface area contributed by atoms with Gasteiger partial charge in [-0.3, -0.25) is 9.59 Å². The normalized spacial score (nSPS) is 18.0. The Morgan fingerprint density at radius 3 is 2.60 bits per heavy atom. The topological polar surface area (TPSA) is 85.3 Å². The van der Waals surface area contributed by atoms with Crippen molar-refractivity contribution in [1.29, 1.82) is 5.41 Å². The second kappa shape index (κ2) is 11.8. The molecule has 1 aliphatic heterocycles. The predicted molar refractivity (Wildman–Crippen MR) is 132 cm³/mol. The second-order valence-electron chi connectivity index (χ2n) is 9.12. The molecular weight excluding hydrogens is 450 g/mol. The van der Waals surface area contributed by atoms with Crippen molar-refractivity contribution in [3.63, 3.8) is 0 Å². The molecule has 186 valence electrons. The zero-order valence-electron chi connectivity index (χ0n) is 20.3. The number of carbonyl (C=O) groups is 2. The number of nitrogens with one attached hydrogen (secondary N) is 3. The molecule has 1 fully saturated rings. The van der Waals surface area contributed by atoms with Gasteiger partial charge in [-0.1, -0.05) is 23.8 Å². The summed E-state index contributed by atoms with van der Waals surface area (Å²) in [6.45, 7) is 5.34. The van der Waals surface area contributed by atoms with E-state index in [0.717, 1.165) is 16.7 Å². The molecule has 35 heavy (non-hydrogen) atoms. The number of hydrogen-bond donors (Lipinski definition) is 3. The number of rotatable bonds is 9. The number of nitrogens with zero attached hydrogens (tertiary/aromatic N) is 1. The average molecular weight is 483 g/mol. The molecule has 1 aliphatic rings. The summed E-state index contributed by atoms with van der Waals surface area (Å²) in [5, 5.41) is 10.3. The van der Waals surface area contributed by atoms with Crippen LogP contribution in [-0.2, 0) is 11.2 Å². The molecule has 3 N–H and O–H groups in total. The fourth-order valence-corrected chi connectivity index (χ4v) is 4.70. The Bertz CT molecular complexity index is 1130. The monoisotopic (exact) mass is 482 g/mol. The Morgan fingerprint density at radius 1 is 1.17 bits per heavy atom. The van der Waals surface area contributed by atoms with Crippen LogP contribution >= 0.6 is 0 Å². The standard InChI is InChI=1S/C27H32F2N4O2/c1-17(11-19(3)30)12-20-7-8-22(13-18(20)2)27(35)31-16-26(34)33-24(15-32-29)9-10-25(33)21-5-4-6-23(28)14-21/h4-8,11,13-14,24-25,30,32H,9-10,12,15-16H2,1-3H3,(H,31,35)/b17-11+,30-19?. The van der Waals surface area contributed by atoms with E-state index < -0.39 is 5.82 Å². The van der Waals surface area contributed by atoms with Gasteiger partial charge < -0.3 is 15.6 Å². The highest BCUT2D eigenvalue weighted by molar-refractivity contribution is 5.96.